The van der Waals surface area contributed by atoms with Crippen molar-refractivity contribution in [2.24, 2.45) is 0 Å². The van der Waals surface area contributed by atoms with Gasteiger partial charge in [-0.3, -0.25) is 0 Å². The molecule has 9 rings (SSSR count). The third kappa shape index (κ3) is 4.24. The monoisotopic (exact) mass is 586 g/mol. The second kappa shape index (κ2) is 9.73. The fourth-order valence-corrected chi connectivity index (χ4v) is 7.78. The molecular formula is C38H22N2OS2. The number of thiophene rings is 1. The van der Waals surface area contributed by atoms with Crippen LogP contribution in [0.2, 0.25) is 0 Å². The topological polar surface area (TPSA) is 38.9 Å². The van der Waals surface area contributed by atoms with Crippen molar-refractivity contribution in [2.75, 3.05) is 0 Å². The van der Waals surface area contributed by atoms with E-state index in [-0.39, 0.29) is 0 Å². The number of aromatic nitrogens is 2. The first kappa shape index (κ1) is 24.5. The van der Waals surface area contributed by atoms with Crippen molar-refractivity contribution in [3.05, 3.63) is 133 Å². The van der Waals surface area contributed by atoms with Crippen molar-refractivity contribution in [3.8, 4) is 44.3 Å². The van der Waals surface area contributed by atoms with E-state index in [0.29, 0.717) is 5.89 Å². The van der Waals surface area contributed by atoms with Crippen molar-refractivity contribution >= 4 is 64.2 Å². The highest BCUT2D eigenvalue weighted by molar-refractivity contribution is 7.25. The first-order chi connectivity index (χ1) is 21.2. The molecule has 5 heteroatoms. The number of para-hydroxylation sites is 3. The van der Waals surface area contributed by atoms with Gasteiger partial charge in [0.2, 0.25) is 5.89 Å². The highest BCUT2D eigenvalue weighted by Crippen LogP contribution is 2.39. The fourth-order valence-electron chi connectivity index (χ4n) is 5.74. The summed E-state index contributed by atoms with van der Waals surface area (Å²) in [6.45, 7) is 0. The van der Waals surface area contributed by atoms with Gasteiger partial charge in [-0.1, -0.05) is 72.8 Å². The second-order valence-electron chi connectivity index (χ2n) is 10.7. The minimum Gasteiger partial charge on any atom is -0.436 e. The number of thiazole rings is 1. The summed E-state index contributed by atoms with van der Waals surface area (Å²) in [5.74, 6) is 0.646. The van der Waals surface area contributed by atoms with Gasteiger partial charge in [-0.05, 0) is 82.9 Å². The zero-order chi connectivity index (χ0) is 28.3. The van der Waals surface area contributed by atoms with Crippen LogP contribution in [0.25, 0.3) is 85.8 Å². The van der Waals surface area contributed by atoms with Crippen LogP contribution in [0.4, 0.5) is 0 Å². The van der Waals surface area contributed by atoms with Gasteiger partial charge < -0.3 is 4.42 Å². The third-order valence-electron chi connectivity index (χ3n) is 7.99. The summed E-state index contributed by atoms with van der Waals surface area (Å²) in [7, 11) is 0. The summed E-state index contributed by atoms with van der Waals surface area (Å²) in [4.78, 5) is 9.48. The van der Waals surface area contributed by atoms with Gasteiger partial charge in [-0.25, -0.2) is 9.97 Å². The van der Waals surface area contributed by atoms with Crippen LogP contribution in [-0.2, 0) is 0 Å². The molecule has 202 valence electrons. The molecule has 43 heavy (non-hydrogen) atoms. The number of oxazole rings is 1. The van der Waals surface area contributed by atoms with Crippen LogP contribution < -0.4 is 0 Å². The molecule has 0 aliphatic carbocycles. The van der Waals surface area contributed by atoms with E-state index in [1.807, 2.05) is 41.7 Å². The highest BCUT2D eigenvalue weighted by Gasteiger charge is 2.12. The summed E-state index contributed by atoms with van der Waals surface area (Å²) in [6, 6.07) is 47.1. The van der Waals surface area contributed by atoms with Gasteiger partial charge in [0.15, 0.2) is 5.58 Å². The second-order valence-corrected chi connectivity index (χ2v) is 12.8. The lowest BCUT2D eigenvalue weighted by Crippen LogP contribution is -1.81. The molecule has 0 fully saturated rings. The van der Waals surface area contributed by atoms with Gasteiger partial charge in [0.25, 0.3) is 0 Å². The van der Waals surface area contributed by atoms with Crippen LogP contribution in [0.15, 0.2) is 138 Å². The molecule has 0 bridgehead atoms. The molecule has 0 aliphatic rings. The van der Waals surface area contributed by atoms with Crippen LogP contribution in [0.1, 0.15) is 0 Å². The Kier molecular flexibility index (Phi) is 5.54. The Morgan fingerprint density at radius 2 is 0.977 bits per heavy atom. The molecule has 0 saturated carbocycles. The molecule has 3 aromatic heterocycles. The predicted octanol–water partition coefficient (Wildman–Crippen LogP) is 11.5. The Balaban J connectivity index is 1.04. The summed E-state index contributed by atoms with van der Waals surface area (Å²) in [5.41, 5.74) is 9.65. The number of rotatable bonds is 4. The number of benzene rings is 6. The zero-order valence-electron chi connectivity index (χ0n) is 22.8. The minimum atomic E-state index is 0.646. The van der Waals surface area contributed by atoms with Gasteiger partial charge in [-0.15, -0.1) is 22.7 Å². The molecule has 0 unspecified atom stereocenters. The third-order valence-corrected chi connectivity index (χ3v) is 10.2. The quantitative estimate of drug-likeness (QED) is 0.206. The van der Waals surface area contributed by atoms with E-state index >= 15 is 0 Å². The Hall–Kier alpha value is -5.10. The molecule has 0 N–H and O–H groups in total. The molecular weight excluding hydrogens is 565 g/mol. The van der Waals surface area contributed by atoms with Crippen LogP contribution in [0.3, 0.4) is 0 Å². The highest BCUT2D eigenvalue weighted by atomic mass is 32.1. The van der Waals surface area contributed by atoms with Crippen molar-refractivity contribution in [1.82, 2.24) is 9.97 Å². The predicted molar refractivity (Wildman–Crippen MR) is 182 cm³/mol. The van der Waals surface area contributed by atoms with Gasteiger partial charge in [-0.2, -0.15) is 0 Å². The summed E-state index contributed by atoms with van der Waals surface area (Å²) < 4.78 is 9.79. The minimum absolute atomic E-state index is 0.646. The number of hydrogen-bond donors (Lipinski definition) is 0. The van der Waals surface area contributed by atoms with E-state index in [1.54, 1.807) is 11.3 Å². The Bertz CT molecular complexity index is 2210. The summed E-state index contributed by atoms with van der Waals surface area (Å²) >= 11 is 3.58. The lowest BCUT2D eigenvalue weighted by molar-refractivity contribution is 0.620. The van der Waals surface area contributed by atoms with E-state index < -0.39 is 0 Å². The van der Waals surface area contributed by atoms with E-state index in [4.69, 9.17) is 9.40 Å². The average molecular weight is 587 g/mol. The molecule has 0 amide bonds. The van der Waals surface area contributed by atoms with E-state index in [2.05, 4.69) is 108 Å². The SMILES string of the molecule is c1ccc2oc(-c3ccc(-c4ccc5sc6ccc(-c7ccc(-c8nc9ccccc9s8)cc7)cc6c5c4)cc3)nc2c1. The van der Waals surface area contributed by atoms with Crippen LogP contribution in [-0.4, -0.2) is 9.97 Å². The van der Waals surface area contributed by atoms with Crippen molar-refractivity contribution < 1.29 is 4.42 Å². The maximum Gasteiger partial charge on any atom is 0.227 e. The largest absolute Gasteiger partial charge is 0.436 e. The summed E-state index contributed by atoms with van der Waals surface area (Å²) in [5, 5.41) is 3.63. The van der Waals surface area contributed by atoms with E-state index in [9.17, 15) is 0 Å². The standard InChI is InChI=1S/C38H22N2OS2/c1-3-7-33-31(5-1)39-37(41-33)25-13-9-23(10-14-25)27-17-19-34-29(21-27)30-22-28(18-20-35(30)42-34)24-11-15-26(16-12-24)38-40-32-6-2-4-8-36(32)43-38/h1-22H. The van der Waals surface area contributed by atoms with Crippen molar-refractivity contribution in [3.63, 3.8) is 0 Å². The first-order valence-corrected chi connectivity index (χ1v) is 15.8. The van der Waals surface area contributed by atoms with Gasteiger partial charge >= 0.3 is 0 Å². The zero-order valence-corrected chi connectivity index (χ0v) is 24.5. The van der Waals surface area contributed by atoms with Crippen LogP contribution >= 0.6 is 22.7 Å². The molecule has 0 radical (unpaired) electrons. The van der Waals surface area contributed by atoms with Gasteiger partial charge in [0.05, 0.1) is 10.2 Å². The van der Waals surface area contributed by atoms with E-state index in [1.165, 1.54) is 47.1 Å². The molecule has 3 nitrogen and oxygen atoms in total. The van der Waals surface area contributed by atoms with Gasteiger partial charge in [0, 0.05) is 31.3 Å². The Labute approximate surface area is 255 Å². The summed E-state index contributed by atoms with van der Waals surface area (Å²) in [6.07, 6.45) is 0. The van der Waals surface area contributed by atoms with Crippen LogP contribution in [0.5, 0.6) is 0 Å². The van der Waals surface area contributed by atoms with E-state index in [0.717, 1.165) is 32.8 Å². The molecule has 6 aromatic carbocycles. The molecule has 0 atom stereocenters. The maximum absolute atomic E-state index is 5.97. The normalized spacial score (nSPS) is 11.7. The molecule has 0 saturated heterocycles. The van der Waals surface area contributed by atoms with Gasteiger partial charge in [0.1, 0.15) is 10.5 Å². The molecule has 0 spiro atoms. The average Bonchev–Trinajstić information content (AvgIpc) is 3.79. The number of nitrogens with zero attached hydrogens (tertiary/aromatic N) is 2. The molecule has 0 aliphatic heterocycles. The lowest BCUT2D eigenvalue weighted by Gasteiger charge is -2.05. The first-order valence-electron chi connectivity index (χ1n) is 14.1. The number of hydrogen-bond acceptors (Lipinski definition) is 5. The van der Waals surface area contributed by atoms with Crippen molar-refractivity contribution in [2.45, 2.75) is 0 Å². The van der Waals surface area contributed by atoms with Crippen molar-refractivity contribution in [1.29, 1.82) is 0 Å². The Morgan fingerprint density at radius 1 is 0.419 bits per heavy atom. The number of fused-ring (bicyclic) bond motifs is 5. The Morgan fingerprint density at radius 3 is 1.63 bits per heavy atom. The van der Waals surface area contributed by atoms with Crippen LogP contribution in [0, 0.1) is 0 Å². The lowest BCUT2D eigenvalue weighted by atomic mass is 9.99. The maximum atomic E-state index is 5.97. The smallest absolute Gasteiger partial charge is 0.227 e. The molecule has 3 heterocycles. The fraction of sp³-hybridized carbons (Fsp3) is 0. The molecule has 9 aromatic rings.